The Morgan fingerprint density at radius 2 is 1.81 bits per heavy atom. The summed E-state index contributed by atoms with van der Waals surface area (Å²) in [5.41, 5.74) is 1.95. The highest BCUT2D eigenvalue weighted by molar-refractivity contribution is 5.89. The molecule has 2 aromatic carbocycles. The number of benzene rings is 2. The minimum Gasteiger partial charge on any atom is -0.350 e. The fourth-order valence-electron chi connectivity index (χ4n) is 4.39. The maximum Gasteiger partial charge on any atom is 0.245 e. The number of hydrogen-bond donors (Lipinski definition) is 2. The molecular weight excluding hydrogens is 348 g/mol. The highest BCUT2D eigenvalue weighted by Crippen LogP contribution is 2.42. The number of nitrogens with one attached hydrogen (secondary N) is 2. The predicted molar refractivity (Wildman–Crippen MR) is 99.1 cm³/mol. The molecule has 6 heteroatoms. The van der Waals surface area contributed by atoms with Crippen molar-refractivity contribution in [1.82, 2.24) is 15.5 Å². The summed E-state index contributed by atoms with van der Waals surface area (Å²) in [5.74, 6) is -1.37. The zero-order valence-electron chi connectivity index (χ0n) is 15.1. The van der Waals surface area contributed by atoms with E-state index in [1.807, 2.05) is 18.2 Å². The molecule has 1 aliphatic carbocycles. The first-order chi connectivity index (χ1) is 13.1. The molecular formula is C21H23F2N3O. The first kappa shape index (κ1) is 18.1. The Labute approximate surface area is 157 Å². The number of rotatable bonds is 4. The summed E-state index contributed by atoms with van der Waals surface area (Å²) in [4.78, 5) is 15.7. The predicted octanol–water partition coefficient (Wildman–Crippen LogP) is 2.33. The number of amides is 1. The Morgan fingerprint density at radius 3 is 2.56 bits per heavy atom. The normalized spacial score (nSPS) is 22.4. The van der Waals surface area contributed by atoms with Crippen LogP contribution in [0.3, 0.4) is 0 Å². The lowest BCUT2D eigenvalue weighted by Crippen LogP contribution is -2.60. The van der Waals surface area contributed by atoms with E-state index in [1.165, 1.54) is 17.7 Å². The standard InChI is InChI=1S/C21H23F2N3O/c22-17-11-15(12-18(23)13-17)14-25-20(27)21(26-9-7-24-8-10-26)6-5-16-3-1-2-4-19(16)21/h1-4,11-13,24H,5-10,14H2,(H,25,27). The van der Waals surface area contributed by atoms with Crippen LogP contribution in [0.2, 0.25) is 0 Å². The molecule has 0 saturated carbocycles. The van der Waals surface area contributed by atoms with Gasteiger partial charge < -0.3 is 10.6 Å². The third-order valence-electron chi connectivity index (χ3n) is 5.63. The van der Waals surface area contributed by atoms with Crippen LogP contribution in [0.4, 0.5) is 8.78 Å². The SMILES string of the molecule is O=C(NCc1cc(F)cc(F)c1)C1(N2CCNCC2)CCc2ccccc21. The van der Waals surface area contributed by atoms with Gasteiger partial charge in [-0.2, -0.15) is 0 Å². The Bertz CT molecular complexity index is 831. The van der Waals surface area contributed by atoms with E-state index in [2.05, 4.69) is 21.6 Å². The van der Waals surface area contributed by atoms with Crippen LogP contribution in [0.25, 0.3) is 0 Å². The number of nitrogens with zero attached hydrogens (tertiary/aromatic N) is 1. The Morgan fingerprint density at radius 1 is 1.11 bits per heavy atom. The van der Waals surface area contributed by atoms with Crippen molar-refractivity contribution < 1.29 is 13.6 Å². The van der Waals surface area contributed by atoms with Gasteiger partial charge in [0.25, 0.3) is 0 Å². The second kappa shape index (κ2) is 7.37. The van der Waals surface area contributed by atoms with E-state index in [9.17, 15) is 13.6 Å². The average molecular weight is 371 g/mol. The van der Waals surface area contributed by atoms with E-state index in [0.29, 0.717) is 5.56 Å². The van der Waals surface area contributed by atoms with Gasteiger partial charge in [0.05, 0.1) is 0 Å². The van der Waals surface area contributed by atoms with E-state index in [0.717, 1.165) is 50.7 Å². The highest BCUT2D eigenvalue weighted by atomic mass is 19.1. The molecule has 1 unspecified atom stereocenters. The second-order valence-electron chi connectivity index (χ2n) is 7.21. The number of carbonyl (C=O) groups excluding carboxylic acids is 1. The maximum atomic E-state index is 13.4. The third-order valence-corrected chi connectivity index (χ3v) is 5.63. The molecule has 0 radical (unpaired) electrons. The summed E-state index contributed by atoms with van der Waals surface area (Å²) in [5, 5.41) is 6.27. The number of piperazine rings is 1. The molecule has 2 N–H and O–H groups in total. The van der Waals surface area contributed by atoms with E-state index < -0.39 is 17.2 Å². The number of fused-ring (bicyclic) bond motifs is 1. The fourth-order valence-corrected chi connectivity index (χ4v) is 4.39. The first-order valence-electron chi connectivity index (χ1n) is 9.37. The van der Waals surface area contributed by atoms with Crippen LogP contribution in [-0.4, -0.2) is 37.0 Å². The van der Waals surface area contributed by atoms with Crippen LogP contribution in [0, 0.1) is 11.6 Å². The molecule has 2 aromatic rings. The van der Waals surface area contributed by atoms with Crippen molar-refractivity contribution in [3.8, 4) is 0 Å². The molecule has 27 heavy (non-hydrogen) atoms. The second-order valence-corrected chi connectivity index (χ2v) is 7.21. The Kier molecular flexibility index (Phi) is 4.93. The molecule has 1 atom stereocenters. The van der Waals surface area contributed by atoms with Gasteiger partial charge in [-0.15, -0.1) is 0 Å². The van der Waals surface area contributed by atoms with Crippen LogP contribution >= 0.6 is 0 Å². The van der Waals surface area contributed by atoms with E-state index >= 15 is 0 Å². The van der Waals surface area contributed by atoms with Crippen LogP contribution < -0.4 is 10.6 Å². The Balaban J connectivity index is 1.62. The molecule has 0 bridgehead atoms. The maximum absolute atomic E-state index is 13.4. The molecule has 4 nitrogen and oxygen atoms in total. The van der Waals surface area contributed by atoms with E-state index in [-0.39, 0.29) is 12.5 Å². The molecule has 4 rings (SSSR count). The van der Waals surface area contributed by atoms with Gasteiger partial charge in [0.15, 0.2) is 0 Å². The number of halogens is 2. The summed E-state index contributed by atoms with van der Waals surface area (Å²) in [6.07, 6.45) is 1.57. The van der Waals surface area contributed by atoms with Gasteiger partial charge >= 0.3 is 0 Å². The number of aryl methyl sites for hydroxylation is 1. The summed E-state index contributed by atoms with van der Waals surface area (Å²) in [7, 11) is 0. The summed E-state index contributed by atoms with van der Waals surface area (Å²) < 4.78 is 26.9. The van der Waals surface area contributed by atoms with Crippen LogP contribution in [0.15, 0.2) is 42.5 Å². The molecule has 0 spiro atoms. The minimum absolute atomic E-state index is 0.0981. The molecule has 1 fully saturated rings. The average Bonchev–Trinajstić information content (AvgIpc) is 3.07. The van der Waals surface area contributed by atoms with Crippen molar-refractivity contribution in [3.63, 3.8) is 0 Å². The van der Waals surface area contributed by atoms with Crippen molar-refractivity contribution in [2.24, 2.45) is 0 Å². The van der Waals surface area contributed by atoms with Gasteiger partial charge in [-0.1, -0.05) is 24.3 Å². The summed E-state index contributed by atoms with van der Waals surface area (Å²) in [6, 6.07) is 11.4. The van der Waals surface area contributed by atoms with Crippen molar-refractivity contribution in [2.75, 3.05) is 26.2 Å². The fraction of sp³-hybridized carbons (Fsp3) is 0.381. The number of hydrogen-bond acceptors (Lipinski definition) is 3. The summed E-state index contributed by atoms with van der Waals surface area (Å²) >= 11 is 0. The van der Waals surface area contributed by atoms with E-state index in [4.69, 9.17) is 0 Å². The molecule has 1 saturated heterocycles. The third kappa shape index (κ3) is 3.35. The van der Waals surface area contributed by atoms with Crippen molar-refractivity contribution in [2.45, 2.75) is 24.9 Å². The van der Waals surface area contributed by atoms with Crippen molar-refractivity contribution in [1.29, 1.82) is 0 Å². The first-order valence-corrected chi connectivity index (χ1v) is 9.37. The molecule has 142 valence electrons. The Hall–Kier alpha value is -2.31. The van der Waals surface area contributed by atoms with E-state index in [1.54, 1.807) is 0 Å². The minimum atomic E-state index is -0.718. The molecule has 1 heterocycles. The molecule has 1 aliphatic heterocycles. The van der Waals surface area contributed by atoms with Gasteiger partial charge in [0.1, 0.15) is 17.2 Å². The molecule has 1 amide bonds. The van der Waals surface area contributed by atoms with Crippen LogP contribution in [-0.2, 0) is 23.3 Å². The lowest BCUT2D eigenvalue weighted by Gasteiger charge is -2.43. The topological polar surface area (TPSA) is 44.4 Å². The molecule has 0 aromatic heterocycles. The number of carbonyl (C=O) groups is 1. The van der Waals surface area contributed by atoms with Gasteiger partial charge in [-0.25, -0.2) is 8.78 Å². The van der Waals surface area contributed by atoms with Gasteiger partial charge in [-0.3, -0.25) is 9.69 Å². The van der Waals surface area contributed by atoms with Crippen LogP contribution in [0.1, 0.15) is 23.1 Å². The highest BCUT2D eigenvalue weighted by Gasteiger charge is 2.49. The molecule has 2 aliphatic rings. The monoisotopic (exact) mass is 371 g/mol. The lowest BCUT2D eigenvalue weighted by molar-refractivity contribution is -0.135. The van der Waals surface area contributed by atoms with Crippen LogP contribution in [0.5, 0.6) is 0 Å². The smallest absolute Gasteiger partial charge is 0.245 e. The van der Waals surface area contributed by atoms with Crippen molar-refractivity contribution >= 4 is 5.91 Å². The van der Waals surface area contributed by atoms with Gasteiger partial charge in [-0.05, 0) is 41.7 Å². The van der Waals surface area contributed by atoms with Gasteiger partial charge in [0.2, 0.25) is 5.91 Å². The quantitative estimate of drug-likeness (QED) is 0.867. The zero-order valence-corrected chi connectivity index (χ0v) is 15.1. The van der Waals surface area contributed by atoms with Gasteiger partial charge in [0, 0.05) is 38.8 Å². The summed E-state index contributed by atoms with van der Waals surface area (Å²) in [6.45, 7) is 3.36. The lowest BCUT2D eigenvalue weighted by atomic mass is 9.87. The largest absolute Gasteiger partial charge is 0.350 e. The van der Waals surface area contributed by atoms with Crippen molar-refractivity contribution in [3.05, 3.63) is 70.8 Å². The zero-order chi connectivity index (χ0) is 18.9.